The summed E-state index contributed by atoms with van der Waals surface area (Å²) in [6.07, 6.45) is 2.09. The number of pyridine rings is 1. The number of halogens is 2. The van der Waals surface area contributed by atoms with E-state index >= 15 is 0 Å². The standard InChI is InChI=1S/C25H23F2N5O3/c1-14-22(15(2)35-31-14)16-3-6-20-19(9-16)18(7-8-29-20)23(34)30-10-21(33)32-13-25(26,27)11-24(32,12-28)17-4-5-17/h3,6-9,17H,4-5,10-11,13H2,1-2H3,(H,30,34). The summed E-state index contributed by atoms with van der Waals surface area (Å²) in [5.74, 6) is -3.98. The number of amides is 2. The Labute approximate surface area is 199 Å². The van der Waals surface area contributed by atoms with Gasteiger partial charge in [0.2, 0.25) is 5.91 Å². The molecule has 2 aromatic heterocycles. The van der Waals surface area contributed by atoms with E-state index in [9.17, 15) is 23.6 Å². The minimum absolute atomic E-state index is 0.257. The topological polar surface area (TPSA) is 112 Å². The lowest BCUT2D eigenvalue weighted by Gasteiger charge is -2.31. The Morgan fingerprint density at radius 1 is 1.29 bits per heavy atom. The number of hydrogen-bond donors (Lipinski definition) is 1. The van der Waals surface area contributed by atoms with E-state index in [4.69, 9.17) is 4.52 Å². The van der Waals surface area contributed by atoms with E-state index in [0.29, 0.717) is 35.2 Å². The molecule has 180 valence electrons. The molecule has 1 N–H and O–H groups in total. The smallest absolute Gasteiger partial charge is 0.268 e. The molecule has 1 aliphatic heterocycles. The van der Waals surface area contributed by atoms with Crippen LogP contribution in [0.5, 0.6) is 0 Å². The van der Waals surface area contributed by atoms with Crippen LogP contribution in [0.25, 0.3) is 22.0 Å². The van der Waals surface area contributed by atoms with Gasteiger partial charge in [0, 0.05) is 17.1 Å². The van der Waals surface area contributed by atoms with Crippen molar-refractivity contribution in [3.63, 3.8) is 0 Å². The molecular weight excluding hydrogens is 456 g/mol. The zero-order valence-electron chi connectivity index (χ0n) is 19.3. The summed E-state index contributed by atoms with van der Waals surface area (Å²) >= 11 is 0. The van der Waals surface area contributed by atoms with Crippen molar-refractivity contribution in [1.82, 2.24) is 20.4 Å². The lowest BCUT2D eigenvalue weighted by atomic mass is 9.91. The van der Waals surface area contributed by atoms with Gasteiger partial charge in [0.25, 0.3) is 11.8 Å². The van der Waals surface area contributed by atoms with Gasteiger partial charge in [-0.25, -0.2) is 8.78 Å². The van der Waals surface area contributed by atoms with Crippen molar-refractivity contribution in [1.29, 1.82) is 5.26 Å². The number of nitrogens with one attached hydrogen (secondary N) is 1. The van der Waals surface area contributed by atoms with Crippen molar-refractivity contribution in [3.05, 3.63) is 47.5 Å². The SMILES string of the molecule is Cc1noc(C)c1-c1ccc2nccc(C(=O)NCC(=O)N3CC(F)(F)CC3(C#N)C3CC3)c2c1. The number of carbonyl (C=O) groups excluding carboxylic acids is 2. The second-order valence-electron chi connectivity index (χ2n) is 9.30. The maximum atomic E-state index is 14.2. The highest BCUT2D eigenvalue weighted by Gasteiger charge is 2.62. The number of likely N-dealkylation sites (tertiary alicyclic amines) is 1. The number of carbonyl (C=O) groups is 2. The second kappa shape index (κ2) is 8.12. The Morgan fingerprint density at radius 2 is 2.06 bits per heavy atom. The van der Waals surface area contributed by atoms with Crippen molar-refractivity contribution in [2.45, 2.75) is 44.6 Å². The van der Waals surface area contributed by atoms with E-state index in [0.717, 1.165) is 16.0 Å². The third-order valence-corrected chi connectivity index (χ3v) is 6.86. The molecule has 0 bridgehead atoms. The van der Waals surface area contributed by atoms with Crippen LogP contribution in [0.1, 0.15) is 41.1 Å². The number of nitrogens with zero attached hydrogens (tertiary/aromatic N) is 4. The molecule has 1 atom stereocenters. The molecule has 2 aliphatic rings. The molecular formula is C25H23F2N5O3. The van der Waals surface area contributed by atoms with E-state index in [1.807, 2.05) is 19.1 Å². The molecule has 1 aliphatic carbocycles. The van der Waals surface area contributed by atoms with Crippen LogP contribution in [-0.4, -0.2) is 51.4 Å². The fraction of sp³-hybridized carbons (Fsp3) is 0.400. The molecule has 3 heterocycles. The summed E-state index contributed by atoms with van der Waals surface area (Å²) in [4.78, 5) is 31.3. The summed E-state index contributed by atoms with van der Waals surface area (Å²) < 4.78 is 33.7. The predicted octanol–water partition coefficient (Wildman–Crippen LogP) is 3.78. The number of benzene rings is 1. The van der Waals surface area contributed by atoms with Gasteiger partial charge in [0.1, 0.15) is 11.3 Å². The molecule has 1 unspecified atom stereocenters. The lowest BCUT2D eigenvalue weighted by molar-refractivity contribution is -0.134. The minimum Gasteiger partial charge on any atom is -0.361 e. The zero-order chi connectivity index (χ0) is 25.0. The average Bonchev–Trinajstić information content (AvgIpc) is 3.58. The summed E-state index contributed by atoms with van der Waals surface area (Å²) in [5.41, 5.74) is 1.68. The van der Waals surface area contributed by atoms with Gasteiger partial charge in [-0.1, -0.05) is 11.2 Å². The van der Waals surface area contributed by atoms with Crippen LogP contribution in [0.4, 0.5) is 8.78 Å². The van der Waals surface area contributed by atoms with Gasteiger partial charge in [-0.3, -0.25) is 14.6 Å². The minimum atomic E-state index is -3.13. The van der Waals surface area contributed by atoms with Gasteiger partial charge in [-0.05, 0) is 56.4 Å². The molecule has 0 radical (unpaired) electrons. The number of aromatic nitrogens is 2. The van der Waals surface area contributed by atoms with Crippen molar-refractivity contribution < 1.29 is 22.9 Å². The van der Waals surface area contributed by atoms with E-state index < -0.39 is 42.8 Å². The van der Waals surface area contributed by atoms with Crippen LogP contribution in [0.3, 0.4) is 0 Å². The van der Waals surface area contributed by atoms with Crippen molar-refractivity contribution >= 4 is 22.7 Å². The van der Waals surface area contributed by atoms with Crippen LogP contribution in [0, 0.1) is 31.1 Å². The van der Waals surface area contributed by atoms with Crippen LogP contribution in [0.15, 0.2) is 35.0 Å². The van der Waals surface area contributed by atoms with E-state index in [2.05, 4.69) is 15.5 Å². The molecule has 1 aromatic carbocycles. The monoisotopic (exact) mass is 479 g/mol. The van der Waals surface area contributed by atoms with E-state index in [1.165, 1.54) is 12.3 Å². The predicted molar refractivity (Wildman–Crippen MR) is 121 cm³/mol. The molecule has 1 saturated carbocycles. The number of aryl methyl sites for hydroxylation is 2. The van der Waals surface area contributed by atoms with Gasteiger partial charge in [0.05, 0.1) is 42.4 Å². The fourth-order valence-electron chi connectivity index (χ4n) is 5.09. The largest absolute Gasteiger partial charge is 0.361 e. The Kier molecular flexibility index (Phi) is 5.31. The highest BCUT2D eigenvalue weighted by atomic mass is 19.3. The Hall–Kier alpha value is -3.87. The molecule has 2 fully saturated rings. The summed E-state index contributed by atoms with van der Waals surface area (Å²) in [5, 5.41) is 16.8. The molecule has 0 spiro atoms. The van der Waals surface area contributed by atoms with Crippen LogP contribution < -0.4 is 5.32 Å². The third-order valence-electron chi connectivity index (χ3n) is 6.86. The summed E-state index contributed by atoms with van der Waals surface area (Å²) in [7, 11) is 0. The van der Waals surface area contributed by atoms with Crippen molar-refractivity contribution in [3.8, 4) is 17.2 Å². The molecule has 10 heteroatoms. The van der Waals surface area contributed by atoms with E-state index in [-0.39, 0.29) is 11.5 Å². The van der Waals surface area contributed by atoms with Gasteiger partial charge >= 0.3 is 0 Å². The molecule has 1 saturated heterocycles. The molecule has 2 amide bonds. The maximum absolute atomic E-state index is 14.2. The number of alkyl halides is 2. The molecule has 8 nitrogen and oxygen atoms in total. The van der Waals surface area contributed by atoms with Gasteiger partial charge in [-0.15, -0.1) is 0 Å². The van der Waals surface area contributed by atoms with E-state index in [1.54, 1.807) is 19.1 Å². The van der Waals surface area contributed by atoms with Crippen LogP contribution in [-0.2, 0) is 4.79 Å². The zero-order valence-corrected chi connectivity index (χ0v) is 19.3. The third kappa shape index (κ3) is 3.91. The quantitative estimate of drug-likeness (QED) is 0.596. The first-order valence-electron chi connectivity index (χ1n) is 11.3. The highest BCUT2D eigenvalue weighted by Crippen LogP contribution is 2.52. The van der Waals surface area contributed by atoms with Crippen molar-refractivity contribution in [2.75, 3.05) is 13.1 Å². The number of hydrogen-bond acceptors (Lipinski definition) is 6. The number of rotatable bonds is 5. The Balaban J connectivity index is 1.39. The Bertz CT molecular complexity index is 1370. The first-order chi connectivity index (χ1) is 16.6. The van der Waals surface area contributed by atoms with Gasteiger partial charge < -0.3 is 14.7 Å². The first kappa shape index (κ1) is 22.9. The Morgan fingerprint density at radius 3 is 2.71 bits per heavy atom. The number of nitriles is 1. The summed E-state index contributed by atoms with van der Waals surface area (Å²) in [6, 6.07) is 8.97. The number of fused-ring (bicyclic) bond motifs is 1. The first-order valence-corrected chi connectivity index (χ1v) is 11.3. The highest BCUT2D eigenvalue weighted by molar-refractivity contribution is 6.07. The average molecular weight is 479 g/mol. The fourth-order valence-corrected chi connectivity index (χ4v) is 5.09. The molecule has 5 rings (SSSR count). The molecule has 35 heavy (non-hydrogen) atoms. The lowest BCUT2D eigenvalue weighted by Crippen LogP contribution is -2.51. The van der Waals surface area contributed by atoms with Gasteiger partial charge in [-0.2, -0.15) is 5.26 Å². The molecule has 3 aromatic rings. The van der Waals surface area contributed by atoms with Crippen molar-refractivity contribution in [2.24, 2.45) is 5.92 Å². The van der Waals surface area contributed by atoms with Crippen LogP contribution in [0.2, 0.25) is 0 Å². The maximum Gasteiger partial charge on any atom is 0.268 e. The van der Waals surface area contributed by atoms with Gasteiger partial charge in [0.15, 0.2) is 0 Å². The second-order valence-corrected chi connectivity index (χ2v) is 9.30. The van der Waals surface area contributed by atoms with Crippen LogP contribution >= 0.6 is 0 Å². The normalized spacial score (nSPS) is 21.2. The summed E-state index contributed by atoms with van der Waals surface area (Å²) in [6.45, 7) is 2.32.